The van der Waals surface area contributed by atoms with E-state index in [-0.39, 0.29) is 12.3 Å². The third-order valence-corrected chi connectivity index (χ3v) is 6.63. The Balaban J connectivity index is 1.24. The van der Waals surface area contributed by atoms with Crippen LogP contribution in [0.4, 0.5) is 5.69 Å². The first-order valence-corrected chi connectivity index (χ1v) is 11.9. The lowest BCUT2D eigenvalue weighted by Crippen LogP contribution is -2.14. The molecule has 0 saturated carbocycles. The highest BCUT2D eigenvalue weighted by atomic mass is 32.1. The average Bonchev–Trinajstić information content (AvgIpc) is 3.35. The highest BCUT2D eigenvalue weighted by Gasteiger charge is 2.16. The van der Waals surface area contributed by atoms with Crippen LogP contribution in [0, 0.1) is 6.92 Å². The van der Waals surface area contributed by atoms with Gasteiger partial charge in [-0.15, -0.1) is 21.5 Å². The minimum Gasteiger partial charge on any atom is -0.326 e. The van der Waals surface area contributed by atoms with Crippen molar-refractivity contribution in [2.24, 2.45) is 0 Å². The van der Waals surface area contributed by atoms with Gasteiger partial charge in [0.2, 0.25) is 5.91 Å². The van der Waals surface area contributed by atoms with Crippen LogP contribution in [0.15, 0.2) is 53.9 Å². The van der Waals surface area contributed by atoms with E-state index in [2.05, 4.69) is 44.1 Å². The minimum atomic E-state index is -0.0739. The quantitative estimate of drug-likeness (QED) is 0.455. The molecule has 162 valence electrons. The molecule has 0 atom stereocenters. The third-order valence-electron chi connectivity index (χ3n) is 5.69. The lowest BCUT2D eigenvalue weighted by molar-refractivity contribution is -0.115. The summed E-state index contributed by atoms with van der Waals surface area (Å²) < 4.78 is 2.23. The van der Waals surface area contributed by atoms with Gasteiger partial charge in [0.1, 0.15) is 10.8 Å². The zero-order valence-electron chi connectivity index (χ0n) is 18.0. The molecule has 0 saturated heterocycles. The maximum absolute atomic E-state index is 12.6. The predicted molar refractivity (Wildman–Crippen MR) is 128 cm³/mol. The van der Waals surface area contributed by atoms with E-state index in [1.807, 2.05) is 41.8 Å². The number of aryl methyl sites for hydroxylation is 2. The summed E-state index contributed by atoms with van der Waals surface area (Å²) in [6, 6.07) is 16.1. The largest absolute Gasteiger partial charge is 0.326 e. The summed E-state index contributed by atoms with van der Waals surface area (Å²) in [4.78, 5) is 17.2. The zero-order valence-corrected chi connectivity index (χ0v) is 18.9. The molecular formula is C25H25N5OS. The van der Waals surface area contributed by atoms with Gasteiger partial charge in [0.25, 0.3) is 0 Å². The summed E-state index contributed by atoms with van der Waals surface area (Å²) >= 11 is 1.57. The zero-order chi connectivity index (χ0) is 21.9. The van der Waals surface area contributed by atoms with Crippen molar-refractivity contribution in [2.45, 2.75) is 45.6 Å². The van der Waals surface area contributed by atoms with Crippen LogP contribution in [0.25, 0.3) is 22.0 Å². The van der Waals surface area contributed by atoms with E-state index in [0.717, 1.165) is 58.6 Å². The first-order chi connectivity index (χ1) is 15.7. The molecule has 6 nitrogen and oxygen atoms in total. The second-order valence-electron chi connectivity index (χ2n) is 8.22. The lowest BCUT2D eigenvalue weighted by Gasteiger charge is -2.08. The van der Waals surface area contributed by atoms with Gasteiger partial charge in [-0.2, -0.15) is 0 Å². The summed E-state index contributed by atoms with van der Waals surface area (Å²) in [6.45, 7) is 3.03. The monoisotopic (exact) mass is 443 g/mol. The Morgan fingerprint density at radius 1 is 1.06 bits per heavy atom. The van der Waals surface area contributed by atoms with Crippen molar-refractivity contribution >= 4 is 22.9 Å². The van der Waals surface area contributed by atoms with Crippen LogP contribution in [-0.2, 0) is 24.2 Å². The summed E-state index contributed by atoms with van der Waals surface area (Å²) in [5.74, 6) is 1.91. The number of carbonyl (C=O) groups excluding carboxylic acids is 1. The normalized spacial score (nSPS) is 13.4. The van der Waals surface area contributed by atoms with Gasteiger partial charge in [0.05, 0.1) is 12.1 Å². The Morgan fingerprint density at radius 3 is 2.78 bits per heavy atom. The van der Waals surface area contributed by atoms with E-state index in [0.29, 0.717) is 0 Å². The molecule has 4 aromatic rings. The van der Waals surface area contributed by atoms with Gasteiger partial charge in [-0.05, 0) is 50.1 Å². The van der Waals surface area contributed by atoms with E-state index in [1.54, 1.807) is 11.3 Å². The average molecular weight is 444 g/mol. The molecule has 1 amide bonds. The number of hydrogen-bond donors (Lipinski definition) is 1. The van der Waals surface area contributed by atoms with E-state index in [4.69, 9.17) is 0 Å². The third kappa shape index (κ3) is 4.48. The molecule has 1 aliphatic heterocycles. The summed E-state index contributed by atoms with van der Waals surface area (Å²) in [6.07, 6.45) is 4.81. The van der Waals surface area contributed by atoms with E-state index in [1.165, 1.54) is 18.4 Å². The maximum atomic E-state index is 12.6. The van der Waals surface area contributed by atoms with Gasteiger partial charge in [-0.3, -0.25) is 4.79 Å². The molecule has 0 bridgehead atoms. The molecule has 7 heteroatoms. The standard InChI is InChI=1S/C25H25N5OS/c1-17-6-5-7-19(14-17)25-27-21(16-32-25)15-23(31)26-20-11-9-18(10-12-20)24-29-28-22-8-3-2-4-13-30(22)24/h5-7,9-12,14,16H,2-4,8,13,15H2,1H3,(H,26,31). The van der Waals surface area contributed by atoms with Crippen molar-refractivity contribution in [1.82, 2.24) is 19.7 Å². The highest BCUT2D eigenvalue weighted by molar-refractivity contribution is 7.13. The minimum absolute atomic E-state index is 0.0739. The van der Waals surface area contributed by atoms with Crippen molar-refractivity contribution < 1.29 is 4.79 Å². The smallest absolute Gasteiger partial charge is 0.230 e. The summed E-state index contributed by atoms with van der Waals surface area (Å²) in [5.41, 5.74) is 4.85. The second-order valence-corrected chi connectivity index (χ2v) is 9.08. The molecular weight excluding hydrogens is 418 g/mol. The number of hydrogen-bond acceptors (Lipinski definition) is 5. The Hall–Kier alpha value is -3.32. The molecule has 2 aromatic heterocycles. The molecule has 32 heavy (non-hydrogen) atoms. The number of anilines is 1. The molecule has 2 aromatic carbocycles. The summed E-state index contributed by atoms with van der Waals surface area (Å²) in [7, 11) is 0. The molecule has 5 rings (SSSR count). The fourth-order valence-corrected chi connectivity index (χ4v) is 4.89. The Kier molecular flexibility index (Phi) is 5.81. The molecule has 0 fully saturated rings. The Labute approximate surface area is 191 Å². The van der Waals surface area contributed by atoms with Gasteiger partial charge >= 0.3 is 0 Å². The van der Waals surface area contributed by atoms with Crippen LogP contribution in [0.1, 0.15) is 36.3 Å². The van der Waals surface area contributed by atoms with Crippen molar-refractivity contribution in [3.63, 3.8) is 0 Å². The number of benzene rings is 2. The van der Waals surface area contributed by atoms with Crippen LogP contribution < -0.4 is 5.32 Å². The number of fused-ring (bicyclic) bond motifs is 1. The van der Waals surface area contributed by atoms with Crippen LogP contribution in [0.5, 0.6) is 0 Å². The molecule has 1 N–H and O–H groups in total. The Morgan fingerprint density at radius 2 is 1.94 bits per heavy atom. The molecule has 3 heterocycles. The fraction of sp³-hybridized carbons (Fsp3) is 0.280. The van der Waals surface area contributed by atoms with Crippen LogP contribution in [0.3, 0.4) is 0 Å². The SMILES string of the molecule is Cc1cccc(-c2nc(CC(=O)Nc3ccc(-c4nnc5n4CCCCC5)cc3)cs2)c1. The van der Waals surface area contributed by atoms with Gasteiger partial charge in [-0.1, -0.05) is 30.2 Å². The second kappa shape index (κ2) is 9.04. The number of nitrogens with one attached hydrogen (secondary N) is 1. The molecule has 0 unspecified atom stereocenters. The fourth-order valence-electron chi connectivity index (χ4n) is 4.07. The van der Waals surface area contributed by atoms with Crippen molar-refractivity contribution in [1.29, 1.82) is 0 Å². The van der Waals surface area contributed by atoms with Gasteiger partial charge in [0, 0.05) is 35.2 Å². The number of aromatic nitrogens is 4. The van der Waals surface area contributed by atoms with E-state index >= 15 is 0 Å². The first kappa shape index (κ1) is 20.6. The maximum Gasteiger partial charge on any atom is 0.230 e. The van der Waals surface area contributed by atoms with Crippen LogP contribution >= 0.6 is 11.3 Å². The van der Waals surface area contributed by atoms with Crippen LogP contribution in [0.2, 0.25) is 0 Å². The number of rotatable bonds is 5. The number of nitrogens with zero attached hydrogens (tertiary/aromatic N) is 4. The lowest BCUT2D eigenvalue weighted by atomic mass is 10.1. The predicted octanol–water partition coefficient (Wildman–Crippen LogP) is 5.28. The van der Waals surface area contributed by atoms with Gasteiger partial charge in [-0.25, -0.2) is 4.98 Å². The topological polar surface area (TPSA) is 72.7 Å². The highest BCUT2D eigenvalue weighted by Crippen LogP contribution is 2.26. The molecule has 0 aliphatic carbocycles. The van der Waals surface area contributed by atoms with Crippen molar-refractivity contribution in [3.05, 3.63) is 71.0 Å². The van der Waals surface area contributed by atoms with Gasteiger partial charge < -0.3 is 9.88 Å². The van der Waals surface area contributed by atoms with Gasteiger partial charge in [0.15, 0.2) is 5.82 Å². The van der Waals surface area contributed by atoms with Crippen molar-refractivity contribution in [3.8, 4) is 22.0 Å². The number of carbonyl (C=O) groups is 1. The number of amides is 1. The molecule has 0 spiro atoms. The van der Waals surface area contributed by atoms with Crippen LogP contribution in [-0.4, -0.2) is 25.7 Å². The number of thiazole rings is 1. The van der Waals surface area contributed by atoms with Crippen molar-refractivity contribution in [2.75, 3.05) is 5.32 Å². The first-order valence-electron chi connectivity index (χ1n) is 11.0. The van der Waals surface area contributed by atoms with E-state index < -0.39 is 0 Å². The van der Waals surface area contributed by atoms with E-state index in [9.17, 15) is 4.79 Å². The Bertz CT molecular complexity index is 1240. The molecule has 1 aliphatic rings. The summed E-state index contributed by atoms with van der Waals surface area (Å²) in [5, 5.41) is 14.7. The molecule has 0 radical (unpaired) electrons.